The largest absolute Gasteiger partial charge is 0.271 e. The number of nitrogens with one attached hydrogen (secondary N) is 1. The molecule has 0 heterocycles. The van der Waals surface area contributed by atoms with E-state index in [1.165, 1.54) is 6.07 Å². The van der Waals surface area contributed by atoms with Crippen molar-refractivity contribution in [3.05, 3.63) is 35.6 Å². The van der Waals surface area contributed by atoms with Crippen molar-refractivity contribution >= 4 is 0 Å². The lowest BCUT2D eigenvalue weighted by Crippen LogP contribution is -2.36. The maximum atomic E-state index is 13.4. The Labute approximate surface area is 96.0 Å². The summed E-state index contributed by atoms with van der Waals surface area (Å²) in [5.74, 6) is 11.1. The van der Waals surface area contributed by atoms with E-state index in [4.69, 9.17) is 5.84 Å². The van der Waals surface area contributed by atoms with Crippen LogP contribution in [0.1, 0.15) is 25.3 Å². The van der Waals surface area contributed by atoms with E-state index in [2.05, 4.69) is 17.3 Å². The predicted molar refractivity (Wildman–Crippen MR) is 63.9 cm³/mol. The highest BCUT2D eigenvalue weighted by molar-refractivity contribution is 5.18. The van der Waals surface area contributed by atoms with Crippen LogP contribution in [0.2, 0.25) is 0 Å². The monoisotopic (exact) mass is 220 g/mol. The van der Waals surface area contributed by atoms with E-state index in [0.717, 1.165) is 12.8 Å². The summed E-state index contributed by atoms with van der Waals surface area (Å²) in [6, 6.07) is 6.84. The Balaban J connectivity index is 2.55. The fraction of sp³-hybridized carbons (Fsp3) is 0.385. The molecule has 0 bridgehead atoms. The van der Waals surface area contributed by atoms with E-state index in [-0.39, 0.29) is 11.9 Å². The molecule has 0 saturated carbocycles. The van der Waals surface area contributed by atoms with Gasteiger partial charge in [0.05, 0.1) is 0 Å². The summed E-state index contributed by atoms with van der Waals surface area (Å²) in [5.41, 5.74) is 3.39. The van der Waals surface area contributed by atoms with Gasteiger partial charge in [0, 0.05) is 12.5 Å². The molecule has 0 amide bonds. The van der Waals surface area contributed by atoms with Gasteiger partial charge in [0.2, 0.25) is 0 Å². The second kappa shape index (κ2) is 7.00. The summed E-state index contributed by atoms with van der Waals surface area (Å²) in [4.78, 5) is 0. The molecule has 0 saturated heterocycles. The summed E-state index contributed by atoms with van der Waals surface area (Å²) in [6.45, 7) is 1.81. The lowest BCUT2D eigenvalue weighted by molar-refractivity contribution is 0.485. The van der Waals surface area contributed by atoms with Crippen LogP contribution in [0.3, 0.4) is 0 Å². The van der Waals surface area contributed by atoms with Crippen LogP contribution in [0.4, 0.5) is 4.39 Å². The van der Waals surface area contributed by atoms with E-state index in [1.807, 2.05) is 13.0 Å². The number of benzene rings is 1. The lowest BCUT2D eigenvalue weighted by Gasteiger charge is -2.14. The zero-order valence-corrected chi connectivity index (χ0v) is 9.46. The van der Waals surface area contributed by atoms with Crippen LogP contribution in [-0.2, 0) is 6.42 Å². The van der Waals surface area contributed by atoms with E-state index >= 15 is 0 Å². The van der Waals surface area contributed by atoms with Gasteiger partial charge in [-0.25, -0.2) is 4.39 Å². The average molecular weight is 220 g/mol. The number of halogens is 1. The second-order valence-corrected chi connectivity index (χ2v) is 3.62. The van der Waals surface area contributed by atoms with Gasteiger partial charge in [0.25, 0.3) is 0 Å². The van der Waals surface area contributed by atoms with Crippen molar-refractivity contribution in [2.75, 3.05) is 0 Å². The lowest BCUT2D eigenvalue weighted by atomic mass is 10.0. The van der Waals surface area contributed by atoms with Gasteiger partial charge in [-0.05, 0) is 31.4 Å². The predicted octanol–water partition coefficient (Wildman–Crippen LogP) is 2.00. The van der Waals surface area contributed by atoms with Crippen molar-refractivity contribution < 1.29 is 4.39 Å². The van der Waals surface area contributed by atoms with Crippen LogP contribution >= 0.6 is 0 Å². The minimum Gasteiger partial charge on any atom is -0.271 e. The summed E-state index contributed by atoms with van der Waals surface area (Å²) < 4.78 is 13.4. The number of hydrogen-bond acceptors (Lipinski definition) is 2. The van der Waals surface area contributed by atoms with Crippen molar-refractivity contribution in [1.82, 2.24) is 5.43 Å². The topological polar surface area (TPSA) is 38.0 Å². The van der Waals surface area contributed by atoms with Gasteiger partial charge in [-0.1, -0.05) is 18.2 Å². The smallest absolute Gasteiger partial charge is 0.126 e. The van der Waals surface area contributed by atoms with E-state index in [9.17, 15) is 4.39 Å². The van der Waals surface area contributed by atoms with Crippen LogP contribution in [-0.4, -0.2) is 6.04 Å². The maximum absolute atomic E-state index is 13.4. The summed E-state index contributed by atoms with van der Waals surface area (Å²) in [7, 11) is 0. The number of hydrogen-bond donors (Lipinski definition) is 2. The molecule has 3 N–H and O–H groups in total. The molecule has 16 heavy (non-hydrogen) atoms. The van der Waals surface area contributed by atoms with Gasteiger partial charge < -0.3 is 0 Å². The van der Waals surface area contributed by atoms with Crippen LogP contribution in [0.25, 0.3) is 0 Å². The third kappa shape index (κ3) is 4.01. The van der Waals surface area contributed by atoms with Crippen molar-refractivity contribution in [2.45, 2.75) is 32.2 Å². The molecule has 0 aliphatic rings. The molecule has 1 atom stereocenters. The summed E-state index contributed by atoms with van der Waals surface area (Å²) >= 11 is 0. The molecule has 0 aliphatic carbocycles. The molecule has 0 aliphatic heterocycles. The van der Waals surface area contributed by atoms with Crippen molar-refractivity contribution in [2.24, 2.45) is 5.84 Å². The second-order valence-electron chi connectivity index (χ2n) is 3.62. The zero-order valence-electron chi connectivity index (χ0n) is 9.46. The van der Waals surface area contributed by atoms with Gasteiger partial charge in [-0.2, -0.15) is 0 Å². The molecular formula is C13H17FN2. The minimum absolute atomic E-state index is 0.0674. The quantitative estimate of drug-likeness (QED) is 0.452. The van der Waals surface area contributed by atoms with Gasteiger partial charge >= 0.3 is 0 Å². The molecule has 86 valence electrons. The molecule has 1 aromatic carbocycles. The Morgan fingerprint density at radius 3 is 2.81 bits per heavy atom. The van der Waals surface area contributed by atoms with E-state index < -0.39 is 0 Å². The number of hydrazine groups is 1. The fourth-order valence-electron chi connectivity index (χ4n) is 1.55. The van der Waals surface area contributed by atoms with E-state index in [1.54, 1.807) is 12.1 Å². The van der Waals surface area contributed by atoms with Gasteiger partial charge in [-0.3, -0.25) is 11.3 Å². The normalized spacial score (nSPS) is 11.7. The first kappa shape index (κ1) is 12.7. The molecule has 0 aromatic heterocycles. The van der Waals surface area contributed by atoms with Crippen LogP contribution in [0, 0.1) is 17.7 Å². The Kier molecular flexibility index (Phi) is 5.55. The van der Waals surface area contributed by atoms with Crippen LogP contribution < -0.4 is 11.3 Å². The third-order valence-corrected chi connectivity index (χ3v) is 2.45. The fourth-order valence-corrected chi connectivity index (χ4v) is 1.55. The van der Waals surface area contributed by atoms with Crippen molar-refractivity contribution in [3.8, 4) is 11.8 Å². The average Bonchev–Trinajstić information content (AvgIpc) is 2.30. The van der Waals surface area contributed by atoms with Gasteiger partial charge in [0.15, 0.2) is 0 Å². The Morgan fingerprint density at radius 1 is 1.44 bits per heavy atom. The maximum Gasteiger partial charge on any atom is 0.126 e. The Hall–Kier alpha value is -1.37. The van der Waals surface area contributed by atoms with Crippen molar-refractivity contribution in [3.63, 3.8) is 0 Å². The molecule has 0 radical (unpaired) electrons. The highest BCUT2D eigenvalue weighted by Gasteiger charge is 2.09. The van der Waals surface area contributed by atoms with Crippen LogP contribution in [0.15, 0.2) is 24.3 Å². The summed E-state index contributed by atoms with van der Waals surface area (Å²) in [5, 5.41) is 0. The van der Waals surface area contributed by atoms with Crippen LogP contribution in [0.5, 0.6) is 0 Å². The van der Waals surface area contributed by atoms with Crippen molar-refractivity contribution in [1.29, 1.82) is 0 Å². The first-order valence-corrected chi connectivity index (χ1v) is 5.37. The van der Waals surface area contributed by atoms with Gasteiger partial charge in [-0.15, -0.1) is 11.8 Å². The molecule has 1 rings (SSSR count). The third-order valence-electron chi connectivity index (χ3n) is 2.45. The first-order valence-electron chi connectivity index (χ1n) is 5.37. The highest BCUT2D eigenvalue weighted by atomic mass is 19.1. The molecule has 1 unspecified atom stereocenters. The molecule has 1 aromatic rings. The molecule has 3 heteroatoms. The number of nitrogens with two attached hydrogens (primary N) is 1. The standard InChI is InChI=1S/C13H17FN2/c1-2-3-4-8-12(16-15)10-11-7-5-6-9-13(11)14/h5-7,9,12,16H,4,8,10,15H2,1H3. The minimum atomic E-state index is -0.177. The van der Waals surface area contributed by atoms with E-state index in [0.29, 0.717) is 12.0 Å². The molecule has 2 nitrogen and oxygen atoms in total. The Bertz CT molecular complexity index is 379. The molecular weight excluding hydrogens is 203 g/mol. The summed E-state index contributed by atoms with van der Waals surface area (Å²) in [6.07, 6.45) is 2.19. The first-order chi connectivity index (χ1) is 7.77. The number of rotatable bonds is 5. The zero-order chi connectivity index (χ0) is 11.8. The highest BCUT2D eigenvalue weighted by Crippen LogP contribution is 2.11. The Morgan fingerprint density at radius 2 is 2.19 bits per heavy atom. The molecule has 0 spiro atoms. The van der Waals surface area contributed by atoms with Gasteiger partial charge in [0.1, 0.15) is 5.82 Å². The SMILES string of the molecule is CC#CCCC(Cc1ccccc1F)NN. The molecule has 0 fully saturated rings.